The second-order valence-corrected chi connectivity index (χ2v) is 3.22. The lowest BCUT2D eigenvalue weighted by atomic mass is 10.2. The first-order valence-electron chi connectivity index (χ1n) is 4.94. The molecule has 0 fully saturated rings. The fraction of sp³-hybridized carbons (Fsp3) is 0.0833. The van der Waals surface area contributed by atoms with Gasteiger partial charge in [-0.05, 0) is 23.8 Å². The van der Waals surface area contributed by atoms with Gasteiger partial charge in [-0.1, -0.05) is 6.08 Å². The van der Waals surface area contributed by atoms with Gasteiger partial charge in [-0.15, -0.1) is 6.58 Å². The fourth-order valence-electron chi connectivity index (χ4n) is 1.11. The largest absolute Gasteiger partial charge is 0.349 e. The van der Waals surface area contributed by atoms with Crippen molar-refractivity contribution in [2.45, 2.75) is 0 Å². The molecule has 0 aliphatic carbocycles. The number of rotatable bonds is 5. The normalized spacial score (nSPS) is 10.1. The van der Waals surface area contributed by atoms with Crippen LogP contribution in [0.25, 0.3) is 6.08 Å². The Hall–Kier alpha value is -2.43. The maximum absolute atomic E-state index is 11.2. The van der Waals surface area contributed by atoms with Crippen molar-refractivity contribution in [3.05, 3.63) is 58.7 Å². The highest BCUT2D eigenvalue weighted by atomic mass is 16.6. The van der Waals surface area contributed by atoms with Crippen LogP contribution in [0.15, 0.2) is 43.0 Å². The van der Waals surface area contributed by atoms with Crippen molar-refractivity contribution in [2.24, 2.45) is 0 Å². The second kappa shape index (κ2) is 6.22. The number of hydrogen-bond donors (Lipinski definition) is 1. The van der Waals surface area contributed by atoms with Crippen molar-refractivity contribution < 1.29 is 9.72 Å². The van der Waals surface area contributed by atoms with Crippen molar-refractivity contribution in [1.82, 2.24) is 5.32 Å². The molecule has 0 aliphatic rings. The van der Waals surface area contributed by atoms with E-state index in [1.807, 2.05) is 0 Å². The zero-order valence-electron chi connectivity index (χ0n) is 9.13. The molecule has 1 aromatic rings. The Balaban J connectivity index is 2.62. The third-order valence-electron chi connectivity index (χ3n) is 1.95. The summed E-state index contributed by atoms with van der Waals surface area (Å²) in [7, 11) is 0. The molecule has 1 N–H and O–H groups in total. The molecule has 0 saturated heterocycles. The summed E-state index contributed by atoms with van der Waals surface area (Å²) in [6.07, 6.45) is 4.53. The van der Waals surface area contributed by atoms with Crippen LogP contribution < -0.4 is 5.32 Å². The fourth-order valence-corrected chi connectivity index (χ4v) is 1.11. The number of carbonyl (C=O) groups is 1. The van der Waals surface area contributed by atoms with Crippen LogP contribution in [-0.2, 0) is 4.79 Å². The Bertz CT molecular complexity index is 449. The Kier molecular flexibility index (Phi) is 4.62. The van der Waals surface area contributed by atoms with Gasteiger partial charge in [0, 0.05) is 24.8 Å². The quantitative estimate of drug-likeness (QED) is 0.365. The summed E-state index contributed by atoms with van der Waals surface area (Å²) in [6.45, 7) is 3.88. The number of nitro groups is 1. The SMILES string of the molecule is C=CCNC(=O)/C=C/c1ccc([N+](=O)[O-])cc1. The van der Waals surface area contributed by atoms with E-state index in [2.05, 4.69) is 11.9 Å². The van der Waals surface area contributed by atoms with Crippen LogP contribution in [0.4, 0.5) is 5.69 Å². The molecule has 0 aliphatic heterocycles. The third-order valence-corrected chi connectivity index (χ3v) is 1.95. The van der Waals surface area contributed by atoms with Crippen LogP contribution in [0.3, 0.4) is 0 Å². The average molecular weight is 232 g/mol. The van der Waals surface area contributed by atoms with Gasteiger partial charge < -0.3 is 5.32 Å². The summed E-state index contributed by atoms with van der Waals surface area (Å²) in [5.74, 6) is -0.233. The maximum atomic E-state index is 11.2. The first-order chi connectivity index (χ1) is 8.13. The molecule has 5 heteroatoms. The van der Waals surface area contributed by atoms with Crippen LogP contribution in [0, 0.1) is 10.1 Å². The highest BCUT2D eigenvalue weighted by Crippen LogP contribution is 2.12. The minimum atomic E-state index is -0.468. The maximum Gasteiger partial charge on any atom is 0.269 e. The van der Waals surface area contributed by atoms with Crippen molar-refractivity contribution in [3.8, 4) is 0 Å². The first-order valence-corrected chi connectivity index (χ1v) is 4.94. The molecule has 0 heterocycles. The van der Waals surface area contributed by atoms with Crippen molar-refractivity contribution in [1.29, 1.82) is 0 Å². The summed E-state index contributed by atoms with van der Waals surface area (Å²) in [6, 6.07) is 5.94. The minimum absolute atomic E-state index is 0.0262. The molecule has 0 radical (unpaired) electrons. The van der Waals surface area contributed by atoms with Crippen LogP contribution in [0.1, 0.15) is 5.56 Å². The van der Waals surface area contributed by atoms with Gasteiger partial charge in [-0.2, -0.15) is 0 Å². The smallest absolute Gasteiger partial charge is 0.269 e. The van der Waals surface area contributed by atoms with Crippen molar-refractivity contribution in [2.75, 3.05) is 6.54 Å². The van der Waals surface area contributed by atoms with E-state index in [0.717, 1.165) is 5.56 Å². The van der Waals surface area contributed by atoms with Crippen molar-refractivity contribution >= 4 is 17.7 Å². The molecule has 17 heavy (non-hydrogen) atoms. The number of amides is 1. The van der Waals surface area contributed by atoms with Gasteiger partial charge in [0.05, 0.1) is 4.92 Å². The van der Waals surface area contributed by atoms with Gasteiger partial charge in [-0.25, -0.2) is 0 Å². The third kappa shape index (κ3) is 4.29. The Labute approximate surface area is 98.6 Å². The predicted octanol–water partition coefficient (Wildman–Crippen LogP) is 1.91. The molecular weight excluding hydrogens is 220 g/mol. The Morgan fingerprint density at radius 2 is 2.06 bits per heavy atom. The van der Waals surface area contributed by atoms with Crippen LogP contribution in [-0.4, -0.2) is 17.4 Å². The molecule has 0 atom stereocenters. The van der Waals surface area contributed by atoms with E-state index in [9.17, 15) is 14.9 Å². The molecule has 5 nitrogen and oxygen atoms in total. The van der Waals surface area contributed by atoms with Gasteiger partial charge in [0.1, 0.15) is 0 Å². The van der Waals surface area contributed by atoms with Crippen LogP contribution in [0.2, 0.25) is 0 Å². The van der Waals surface area contributed by atoms with E-state index < -0.39 is 4.92 Å². The highest BCUT2D eigenvalue weighted by molar-refractivity contribution is 5.91. The molecular formula is C12H12N2O3. The molecule has 0 spiro atoms. The topological polar surface area (TPSA) is 72.2 Å². The zero-order chi connectivity index (χ0) is 12.7. The van der Waals surface area contributed by atoms with Gasteiger partial charge in [-0.3, -0.25) is 14.9 Å². The van der Waals surface area contributed by atoms with Gasteiger partial charge in [0.25, 0.3) is 5.69 Å². The van der Waals surface area contributed by atoms with E-state index >= 15 is 0 Å². The van der Waals surface area contributed by atoms with Gasteiger partial charge >= 0.3 is 0 Å². The number of benzene rings is 1. The number of hydrogen-bond acceptors (Lipinski definition) is 3. The lowest BCUT2D eigenvalue weighted by Crippen LogP contribution is -2.20. The van der Waals surface area contributed by atoms with Gasteiger partial charge in [0.15, 0.2) is 0 Å². The molecule has 0 bridgehead atoms. The summed E-state index contributed by atoms with van der Waals surface area (Å²) in [5.41, 5.74) is 0.752. The van der Waals surface area contributed by atoms with E-state index in [1.54, 1.807) is 24.3 Å². The minimum Gasteiger partial charge on any atom is -0.349 e. The molecule has 1 aromatic carbocycles. The van der Waals surface area contributed by atoms with Gasteiger partial charge in [0.2, 0.25) is 5.91 Å². The number of non-ortho nitro benzene ring substituents is 1. The Morgan fingerprint density at radius 3 is 2.59 bits per heavy atom. The monoisotopic (exact) mass is 232 g/mol. The predicted molar refractivity (Wildman–Crippen MR) is 65.3 cm³/mol. The Morgan fingerprint density at radius 1 is 1.41 bits per heavy atom. The van der Waals surface area contributed by atoms with Crippen LogP contribution >= 0.6 is 0 Å². The number of nitrogens with one attached hydrogen (secondary N) is 1. The van der Waals surface area contributed by atoms with Crippen LogP contribution in [0.5, 0.6) is 0 Å². The molecule has 88 valence electrons. The summed E-state index contributed by atoms with van der Waals surface area (Å²) < 4.78 is 0. The standard InChI is InChI=1S/C12H12N2O3/c1-2-9-13-12(15)8-5-10-3-6-11(7-4-10)14(16)17/h2-8H,1,9H2,(H,13,15)/b8-5+. The molecule has 1 rings (SSSR count). The lowest BCUT2D eigenvalue weighted by molar-refractivity contribution is -0.384. The highest BCUT2D eigenvalue weighted by Gasteiger charge is 2.02. The lowest BCUT2D eigenvalue weighted by Gasteiger charge is -1.96. The van der Waals surface area contributed by atoms with E-state index in [0.29, 0.717) is 6.54 Å². The summed E-state index contributed by atoms with van der Waals surface area (Å²) in [4.78, 5) is 21.1. The van der Waals surface area contributed by atoms with E-state index in [4.69, 9.17) is 0 Å². The average Bonchev–Trinajstić information content (AvgIpc) is 2.34. The second-order valence-electron chi connectivity index (χ2n) is 3.22. The molecule has 0 unspecified atom stereocenters. The van der Waals surface area contributed by atoms with Crippen molar-refractivity contribution in [3.63, 3.8) is 0 Å². The number of carbonyl (C=O) groups excluding carboxylic acids is 1. The summed E-state index contributed by atoms with van der Waals surface area (Å²) in [5, 5.41) is 13.0. The van der Waals surface area contributed by atoms with E-state index in [-0.39, 0.29) is 11.6 Å². The number of nitro benzene ring substituents is 1. The van der Waals surface area contributed by atoms with E-state index in [1.165, 1.54) is 18.2 Å². The zero-order valence-corrected chi connectivity index (χ0v) is 9.13. The number of nitrogens with zero attached hydrogens (tertiary/aromatic N) is 1. The molecule has 1 amide bonds. The molecule has 0 saturated carbocycles. The molecule has 0 aromatic heterocycles. The first kappa shape index (κ1) is 12.6. The summed E-state index contributed by atoms with van der Waals surface area (Å²) >= 11 is 0.